The lowest BCUT2D eigenvalue weighted by atomic mass is 9.48. The molecule has 5 fully saturated rings. The van der Waals surface area contributed by atoms with Crippen LogP contribution >= 0.6 is 12.2 Å². The molecule has 2 N–H and O–H groups in total. The lowest BCUT2D eigenvalue weighted by Crippen LogP contribution is -2.48. The van der Waals surface area contributed by atoms with Gasteiger partial charge < -0.3 is 15.4 Å². The lowest BCUT2D eigenvalue weighted by molar-refractivity contribution is -0.00518. The first-order valence-electron chi connectivity index (χ1n) is 10.5. The van der Waals surface area contributed by atoms with E-state index in [0.717, 1.165) is 43.0 Å². The van der Waals surface area contributed by atoms with Crippen LogP contribution in [0.2, 0.25) is 0 Å². The largest absolute Gasteiger partial charge is 0.376 e. The fourth-order valence-corrected chi connectivity index (χ4v) is 6.76. The molecule has 140 valence electrons. The van der Waals surface area contributed by atoms with Gasteiger partial charge in [0.25, 0.3) is 0 Å². The third kappa shape index (κ3) is 3.27. The Kier molecular flexibility index (Phi) is 4.44. The molecule has 0 radical (unpaired) electrons. The van der Waals surface area contributed by atoms with Gasteiger partial charge in [0.2, 0.25) is 0 Å². The van der Waals surface area contributed by atoms with E-state index in [0.29, 0.717) is 16.6 Å². The minimum Gasteiger partial charge on any atom is -0.376 e. The molecule has 26 heavy (non-hydrogen) atoms. The normalized spacial score (nSPS) is 37.7. The van der Waals surface area contributed by atoms with E-state index in [9.17, 15) is 0 Å². The highest BCUT2D eigenvalue weighted by molar-refractivity contribution is 7.80. The molecule has 0 aromatic heterocycles. The first-order valence-corrected chi connectivity index (χ1v) is 10.9. The molecule has 0 spiro atoms. The predicted octanol–water partition coefficient (Wildman–Crippen LogP) is 4.62. The standard InChI is InChI=1S/C22H30N2OS/c26-21(23-14-20-2-1-7-25-20)24-19-5-3-18(4-6-19)22-11-15-8-16(12-22)10-17(9-15)13-22/h3-6,15-17,20H,1-2,7-14H2,(H2,23,24,26)/t15?,16?,17?,20-,22?/m1/s1. The van der Waals surface area contributed by atoms with Crippen LogP contribution in [0.4, 0.5) is 5.69 Å². The van der Waals surface area contributed by atoms with E-state index in [-0.39, 0.29) is 0 Å². The van der Waals surface area contributed by atoms with Crippen LogP contribution < -0.4 is 10.6 Å². The minimum absolute atomic E-state index is 0.313. The van der Waals surface area contributed by atoms with Gasteiger partial charge in [0.15, 0.2) is 5.11 Å². The van der Waals surface area contributed by atoms with E-state index in [1.165, 1.54) is 44.9 Å². The Morgan fingerprint density at radius 3 is 2.27 bits per heavy atom. The average Bonchev–Trinajstić information content (AvgIpc) is 3.13. The number of hydrogen-bond donors (Lipinski definition) is 2. The predicted molar refractivity (Wildman–Crippen MR) is 109 cm³/mol. The second-order valence-corrected chi connectivity index (χ2v) is 9.65. The van der Waals surface area contributed by atoms with E-state index in [2.05, 4.69) is 34.9 Å². The van der Waals surface area contributed by atoms with Gasteiger partial charge in [-0.15, -0.1) is 0 Å². The van der Waals surface area contributed by atoms with E-state index in [1.807, 2.05) is 0 Å². The molecule has 1 atom stereocenters. The number of thiocarbonyl (C=S) groups is 1. The van der Waals surface area contributed by atoms with Crippen LogP contribution in [0.5, 0.6) is 0 Å². The molecule has 1 aliphatic heterocycles. The Bertz CT molecular complexity index is 630. The molecule has 3 nitrogen and oxygen atoms in total. The molecule has 1 aromatic rings. The third-order valence-electron chi connectivity index (χ3n) is 7.31. The van der Waals surface area contributed by atoms with Crippen molar-refractivity contribution in [1.29, 1.82) is 0 Å². The molecule has 1 heterocycles. The molecule has 6 rings (SSSR count). The van der Waals surface area contributed by atoms with Crippen LogP contribution in [-0.2, 0) is 10.2 Å². The Morgan fingerprint density at radius 1 is 1.04 bits per heavy atom. The molecule has 4 aliphatic carbocycles. The van der Waals surface area contributed by atoms with Crippen LogP contribution in [0, 0.1) is 17.8 Å². The number of rotatable bonds is 4. The molecular formula is C22H30N2OS. The molecular weight excluding hydrogens is 340 g/mol. The van der Waals surface area contributed by atoms with Crippen molar-refractivity contribution in [3.63, 3.8) is 0 Å². The Balaban J connectivity index is 1.21. The van der Waals surface area contributed by atoms with Gasteiger partial charge in [-0.3, -0.25) is 0 Å². The number of hydrogen-bond acceptors (Lipinski definition) is 2. The number of anilines is 1. The van der Waals surface area contributed by atoms with Crippen LogP contribution in [0.1, 0.15) is 56.9 Å². The summed E-state index contributed by atoms with van der Waals surface area (Å²) in [5, 5.41) is 7.32. The molecule has 4 heteroatoms. The minimum atomic E-state index is 0.313. The second-order valence-electron chi connectivity index (χ2n) is 9.25. The zero-order chi connectivity index (χ0) is 17.6. The highest BCUT2D eigenvalue weighted by atomic mass is 32.1. The van der Waals surface area contributed by atoms with Crippen molar-refractivity contribution in [1.82, 2.24) is 5.32 Å². The summed E-state index contributed by atoms with van der Waals surface area (Å²) in [7, 11) is 0. The number of ether oxygens (including phenoxy) is 1. The highest BCUT2D eigenvalue weighted by Crippen LogP contribution is 2.60. The maximum Gasteiger partial charge on any atom is 0.170 e. The van der Waals surface area contributed by atoms with Gasteiger partial charge in [-0.05, 0) is 104 Å². The number of benzene rings is 1. The maximum atomic E-state index is 5.64. The SMILES string of the molecule is S=C(NC[C@H]1CCCO1)Nc1ccc(C23CC4CC(CC(C4)C2)C3)cc1. The van der Waals surface area contributed by atoms with Crippen molar-refractivity contribution in [3.05, 3.63) is 29.8 Å². The molecule has 0 amide bonds. The van der Waals surface area contributed by atoms with Gasteiger partial charge in [0, 0.05) is 18.8 Å². The Morgan fingerprint density at radius 2 is 1.69 bits per heavy atom. The molecule has 4 saturated carbocycles. The number of nitrogens with one attached hydrogen (secondary N) is 2. The summed E-state index contributed by atoms with van der Waals surface area (Å²) in [5.41, 5.74) is 3.13. The fourth-order valence-electron chi connectivity index (χ4n) is 6.56. The van der Waals surface area contributed by atoms with Crippen molar-refractivity contribution >= 4 is 23.0 Å². The van der Waals surface area contributed by atoms with Gasteiger partial charge in [-0.25, -0.2) is 0 Å². The quantitative estimate of drug-likeness (QED) is 0.758. The Labute approximate surface area is 162 Å². The van der Waals surface area contributed by atoms with E-state index < -0.39 is 0 Å². The van der Waals surface area contributed by atoms with Crippen LogP contribution in [0.25, 0.3) is 0 Å². The van der Waals surface area contributed by atoms with Gasteiger partial charge in [0.1, 0.15) is 0 Å². The van der Waals surface area contributed by atoms with Crippen molar-refractivity contribution < 1.29 is 4.74 Å². The van der Waals surface area contributed by atoms with Gasteiger partial charge >= 0.3 is 0 Å². The van der Waals surface area contributed by atoms with Crippen molar-refractivity contribution in [3.8, 4) is 0 Å². The molecule has 1 aromatic carbocycles. The summed E-state index contributed by atoms with van der Waals surface area (Å²) in [6.07, 6.45) is 11.4. The maximum absolute atomic E-state index is 5.64. The van der Waals surface area contributed by atoms with Crippen molar-refractivity contribution in [2.24, 2.45) is 17.8 Å². The topological polar surface area (TPSA) is 33.3 Å². The van der Waals surface area contributed by atoms with E-state index >= 15 is 0 Å². The summed E-state index contributed by atoms with van der Waals surface area (Å²) in [6.45, 7) is 1.69. The van der Waals surface area contributed by atoms with Gasteiger partial charge in [-0.2, -0.15) is 0 Å². The fraction of sp³-hybridized carbons (Fsp3) is 0.682. The average molecular weight is 371 g/mol. The molecule has 5 aliphatic rings. The van der Waals surface area contributed by atoms with Crippen molar-refractivity contribution in [2.75, 3.05) is 18.5 Å². The Hall–Kier alpha value is -1.13. The summed E-state index contributed by atoms with van der Waals surface area (Å²) in [5.74, 6) is 2.98. The first-order chi connectivity index (χ1) is 12.7. The summed E-state index contributed by atoms with van der Waals surface area (Å²) in [4.78, 5) is 0. The monoisotopic (exact) mass is 370 g/mol. The van der Waals surface area contributed by atoms with E-state index in [1.54, 1.807) is 5.56 Å². The zero-order valence-electron chi connectivity index (χ0n) is 15.5. The molecule has 1 saturated heterocycles. The van der Waals surface area contributed by atoms with Crippen LogP contribution in [0.15, 0.2) is 24.3 Å². The molecule has 4 bridgehead atoms. The van der Waals surface area contributed by atoms with E-state index in [4.69, 9.17) is 17.0 Å². The second kappa shape index (κ2) is 6.79. The summed E-state index contributed by atoms with van der Waals surface area (Å²) < 4.78 is 5.64. The van der Waals surface area contributed by atoms with Crippen molar-refractivity contribution in [2.45, 2.75) is 62.9 Å². The molecule has 0 unspecified atom stereocenters. The van der Waals surface area contributed by atoms with Crippen LogP contribution in [-0.4, -0.2) is 24.4 Å². The lowest BCUT2D eigenvalue weighted by Gasteiger charge is -2.57. The van der Waals surface area contributed by atoms with Gasteiger partial charge in [-0.1, -0.05) is 12.1 Å². The smallest absolute Gasteiger partial charge is 0.170 e. The third-order valence-corrected chi connectivity index (χ3v) is 7.55. The highest BCUT2D eigenvalue weighted by Gasteiger charge is 2.51. The first kappa shape index (κ1) is 17.0. The summed E-state index contributed by atoms with van der Waals surface area (Å²) >= 11 is 5.44. The zero-order valence-corrected chi connectivity index (χ0v) is 16.3. The van der Waals surface area contributed by atoms with Crippen LogP contribution in [0.3, 0.4) is 0 Å². The summed E-state index contributed by atoms with van der Waals surface area (Å²) in [6, 6.07) is 9.15. The van der Waals surface area contributed by atoms with Gasteiger partial charge in [0.05, 0.1) is 6.10 Å².